The minimum atomic E-state index is -0.959. The number of aliphatic carboxylic acids is 1. The van der Waals surface area contributed by atoms with Crippen molar-refractivity contribution in [2.45, 2.75) is 103 Å². The van der Waals surface area contributed by atoms with Gasteiger partial charge in [0, 0.05) is 6.42 Å². The molecule has 8 heteroatoms. The van der Waals surface area contributed by atoms with Crippen LogP contribution in [-0.2, 0) is 19.1 Å². The molecule has 0 fully saturated rings. The Morgan fingerprint density at radius 3 is 2.03 bits per heavy atom. The van der Waals surface area contributed by atoms with Crippen molar-refractivity contribution in [3.63, 3.8) is 0 Å². The predicted octanol–water partition coefficient (Wildman–Crippen LogP) is 0.902. The van der Waals surface area contributed by atoms with Gasteiger partial charge in [0.2, 0.25) is 5.91 Å². The fourth-order valence-electron chi connectivity index (χ4n) is 3.30. The Kier molecular flexibility index (Phi) is 23.8. The molecule has 2 atom stereocenters. The molecule has 0 aliphatic carbocycles. The largest absolute Gasteiger partial charge is 1.00 e. The van der Waals surface area contributed by atoms with Crippen molar-refractivity contribution in [3.8, 4) is 0 Å². The molecule has 7 nitrogen and oxygen atoms in total. The van der Waals surface area contributed by atoms with Gasteiger partial charge in [0.25, 0.3) is 0 Å². The van der Waals surface area contributed by atoms with Crippen molar-refractivity contribution in [1.29, 1.82) is 0 Å². The van der Waals surface area contributed by atoms with Gasteiger partial charge in [0.15, 0.2) is 0 Å². The number of hydrogen-bond donors (Lipinski definition) is 3. The van der Waals surface area contributed by atoms with Crippen LogP contribution < -0.4 is 62.4 Å². The molecule has 0 saturated heterocycles. The van der Waals surface area contributed by atoms with E-state index in [1.165, 1.54) is 32.1 Å². The maximum atomic E-state index is 12.3. The summed E-state index contributed by atoms with van der Waals surface area (Å²) in [4.78, 5) is 35.9. The van der Waals surface area contributed by atoms with Gasteiger partial charge in [-0.1, -0.05) is 58.3 Å². The van der Waals surface area contributed by atoms with E-state index in [1.807, 2.05) is 0 Å². The number of rotatable bonds is 19. The number of carboxylic acid groups (broad SMARTS) is 1. The van der Waals surface area contributed by atoms with E-state index in [2.05, 4.69) is 12.2 Å². The molecule has 0 rings (SSSR count). The molecule has 172 valence electrons. The van der Waals surface area contributed by atoms with Crippen LogP contribution in [0.15, 0.2) is 0 Å². The molecule has 30 heavy (non-hydrogen) atoms. The van der Waals surface area contributed by atoms with E-state index in [4.69, 9.17) is 10.5 Å². The van der Waals surface area contributed by atoms with Gasteiger partial charge >= 0.3 is 63.3 Å². The van der Waals surface area contributed by atoms with E-state index < -0.39 is 29.8 Å². The number of carboxylic acids is 1. The van der Waals surface area contributed by atoms with Gasteiger partial charge < -0.3 is 22.3 Å². The average molecular weight is 455 g/mol. The first-order valence-corrected chi connectivity index (χ1v) is 11.3. The van der Waals surface area contributed by atoms with Gasteiger partial charge in [-0.05, 0) is 39.2 Å². The summed E-state index contributed by atoms with van der Waals surface area (Å²) in [6.07, 6.45) is 11.3. The second-order valence-electron chi connectivity index (χ2n) is 7.66. The Labute approximate surface area is 226 Å². The molecule has 4 N–H and O–H groups in total. The summed E-state index contributed by atoms with van der Waals surface area (Å²) in [5, 5.41) is 12.1. The third-order valence-electron chi connectivity index (χ3n) is 5.04. The Bertz CT molecular complexity index is 469. The molecule has 0 heterocycles. The molecule has 0 aliphatic heterocycles. The molecular weight excluding hydrogens is 411 g/mol. The molecule has 0 bridgehead atoms. The molecule has 0 aromatic heterocycles. The number of nitrogens with two attached hydrogens (primary N) is 1. The fraction of sp³-hybridized carbons (Fsp3) is 0.864. The Hall–Kier alpha value is 0.00636. The SMILES string of the molecule is CCCCCCCCCCC(CC(=O)N[C@@H](CCCCN)C(=O)OCC)C(=O)O.[H-].[K+]. The van der Waals surface area contributed by atoms with E-state index in [0.29, 0.717) is 25.8 Å². The number of carbonyl (C=O) groups excluding carboxylic acids is 2. The first kappa shape index (κ1) is 32.2. The summed E-state index contributed by atoms with van der Waals surface area (Å²) in [7, 11) is 0. The van der Waals surface area contributed by atoms with E-state index in [-0.39, 0.29) is 65.8 Å². The first-order chi connectivity index (χ1) is 14.0. The van der Waals surface area contributed by atoms with E-state index in [0.717, 1.165) is 25.7 Å². The van der Waals surface area contributed by atoms with Gasteiger partial charge in [0.05, 0.1) is 12.5 Å². The minimum Gasteiger partial charge on any atom is -1.00 e. The Morgan fingerprint density at radius 1 is 0.933 bits per heavy atom. The van der Waals surface area contributed by atoms with Crippen molar-refractivity contribution in [2.24, 2.45) is 11.7 Å². The van der Waals surface area contributed by atoms with Crippen molar-refractivity contribution >= 4 is 17.8 Å². The normalized spacial score (nSPS) is 12.5. The van der Waals surface area contributed by atoms with Gasteiger partial charge in [-0.2, -0.15) is 0 Å². The first-order valence-electron chi connectivity index (χ1n) is 11.3. The fourth-order valence-corrected chi connectivity index (χ4v) is 3.30. The standard InChI is InChI=1S/C22H42N2O5.K.H/c1-3-5-6-7-8-9-10-11-14-18(21(26)27)17-20(25)24-19(15-12-13-16-23)22(28)29-4-2;;/h18-19H,3-17,23H2,1-2H3,(H,24,25)(H,26,27);;/q;+1;-1/t18?,19-;;/m0../s1. The molecule has 0 spiro atoms. The second-order valence-corrected chi connectivity index (χ2v) is 7.66. The zero-order valence-electron chi connectivity index (χ0n) is 20.4. The van der Waals surface area contributed by atoms with Crippen molar-refractivity contribution in [1.82, 2.24) is 5.32 Å². The summed E-state index contributed by atoms with van der Waals surface area (Å²) in [6, 6.07) is -0.744. The summed E-state index contributed by atoms with van der Waals surface area (Å²) < 4.78 is 5.01. The number of esters is 1. The summed E-state index contributed by atoms with van der Waals surface area (Å²) in [6.45, 7) is 4.65. The maximum absolute atomic E-state index is 12.3. The van der Waals surface area contributed by atoms with Crippen molar-refractivity contribution in [3.05, 3.63) is 0 Å². The summed E-state index contributed by atoms with van der Waals surface area (Å²) >= 11 is 0. The van der Waals surface area contributed by atoms with Crippen molar-refractivity contribution in [2.75, 3.05) is 13.2 Å². The number of unbranched alkanes of at least 4 members (excludes halogenated alkanes) is 8. The third-order valence-corrected chi connectivity index (χ3v) is 5.04. The zero-order chi connectivity index (χ0) is 21.9. The summed E-state index contributed by atoms with van der Waals surface area (Å²) in [5.41, 5.74) is 5.48. The van der Waals surface area contributed by atoms with Crippen LogP contribution in [0, 0.1) is 5.92 Å². The monoisotopic (exact) mass is 454 g/mol. The quantitative estimate of drug-likeness (QED) is 0.152. The van der Waals surface area contributed by atoms with Crippen LogP contribution in [0.25, 0.3) is 0 Å². The molecule has 0 radical (unpaired) electrons. The topological polar surface area (TPSA) is 119 Å². The molecule has 0 aromatic carbocycles. The molecule has 1 unspecified atom stereocenters. The van der Waals surface area contributed by atoms with Crippen LogP contribution in [0.4, 0.5) is 0 Å². The maximum Gasteiger partial charge on any atom is 1.00 e. The van der Waals surface area contributed by atoms with Gasteiger partial charge in [-0.3, -0.25) is 9.59 Å². The number of hydrogen-bond acceptors (Lipinski definition) is 5. The van der Waals surface area contributed by atoms with Gasteiger partial charge in [-0.15, -0.1) is 0 Å². The van der Waals surface area contributed by atoms with Crippen LogP contribution in [-0.4, -0.2) is 42.1 Å². The van der Waals surface area contributed by atoms with Gasteiger partial charge in [-0.25, -0.2) is 4.79 Å². The zero-order valence-corrected chi connectivity index (χ0v) is 22.5. The van der Waals surface area contributed by atoms with Gasteiger partial charge in [0.1, 0.15) is 6.04 Å². The number of carbonyl (C=O) groups is 3. The van der Waals surface area contributed by atoms with Crippen LogP contribution in [0.3, 0.4) is 0 Å². The summed E-state index contributed by atoms with van der Waals surface area (Å²) in [5.74, 6) is -2.57. The van der Waals surface area contributed by atoms with Crippen LogP contribution in [0.1, 0.15) is 98.7 Å². The number of nitrogens with one attached hydrogen (secondary N) is 1. The average Bonchev–Trinajstić information content (AvgIpc) is 2.68. The van der Waals surface area contributed by atoms with Crippen molar-refractivity contribution < 1.29 is 77.0 Å². The molecular formula is C22H43KN2O5. The molecule has 0 aliphatic rings. The number of ether oxygens (including phenoxy) is 1. The second kappa shape index (κ2) is 22.2. The minimum absolute atomic E-state index is 0. The predicted molar refractivity (Wildman–Crippen MR) is 116 cm³/mol. The van der Waals surface area contributed by atoms with E-state index in [9.17, 15) is 19.5 Å². The third kappa shape index (κ3) is 17.7. The smallest absolute Gasteiger partial charge is 1.00 e. The van der Waals surface area contributed by atoms with Crippen LogP contribution >= 0.6 is 0 Å². The van der Waals surface area contributed by atoms with Crippen LogP contribution in [0.2, 0.25) is 0 Å². The molecule has 1 amide bonds. The Balaban J connectivity index is -0.00000392. The number of amides is 1. The Morgan fingerprint density at radius 2 is 1.50 bits per heavy atom. The molecule has 0 aromatic rings. The van der Waals surface area contributed by atoms with E-state index in [1.54, 1.807) is 6.92 Å². The molecule has 0 saturated carbocycles. The van der Waals surface area contributed by atoms with E-state index >= 15 is 0 Å². The van der Waals surface area contributed by atoms with Crippen LogP contribution in [0.5, 0.6) is 0 Å².